The van der Waals surface area contributed by atoms with E-state index in [1.165, 1.54) is 5.69 Å². The summed E-state index contributed by atoms with van der Waals surface area (Å²) >= 11 is 0. The zero-order valence-electron chi connectivity index (χ0n) is 10.3. The lowest BCUT2D eigenvalue weighted by Gasteiger charge is -2.23. The Bertz CT molecular complexity index is 520. The fraction of sp³-hybridized carbons (Fsp3) is 0.385. The Morgan fingerprint density at radius 1 is 1.39 bits per heavy atom. The van der Waals surface area contributed by atoms with Gasteiger partial charge in [0, 0.05) is 30.9 Å². The van der Waals surface area contributed by atoms with Gasteiger partial charge in [-0.15, -0.1) is 0 Å². The normalized spacial score (nSPS) is 18.4. The summed E-state index contributed by atoms with van der Waals surface area (Å²) in [6, 6.07) is 4.07. The van der Waals surface area contributed by atoms with E-state index in [1.54, 1.807) is 6.33 Å². The predicted molar refractivity (Wildman–Crippen MR) is 67.5 cm³/mol. The fourth-order valence-electron chi connectivity index (χ4n) is 2.29. The van der Waals surface area contributed by atoms with Crippen molar-refractivity contribution in [1.82, 2.24) is 20.3 Å². The average Bonchev–Trinajstić information content (AvgIpc) is 2.88. The summed E-state index contributed by atoms with van der Waals surface area (Å²) in [5, 5.41) is 3.47. The summed E-state index contributed by atoms with van der Waals surface area (Å²) in [6.07, 6.45) is 4.61. The molecule has 0 aromatic carbocycles. The number of aromatic nitrogens is 3. The van der Waals surface area contributed by atoms with Crippen LogP contribution in [0.2, 0.25) is 0 Å². The molecule has 0 saturated carbocycles. The highest BCUT2D eigenvalue weighted by Gasteiger charge is 2.23. The van der Waals surface area contributed by atoms with Crippen molar-refractivity contribution < 1.29 is 4.74 Å². The SMILES string of the molecule is CCOc1ccc(C2NCCc3[nH]cnc32)cn1. The van der Waals surface area contributed by atoms with Gasteiger partial charge in [0.2, 0.25) is 5.88 Å². The van der Waals surface area contributed by atoms with Crippen LogP contribution in [0.1, 0.15) is 29.9 Å². The number of imidazole rings is 1. The van der Waals surface area contributed by atoms with E-state index in [0.717, 1.165) is 24.2 Å². The standard InChI is InChI=1S/C13H16N4O/c1-2-18-11-4-3-9(7-15-11)12-13-10(5-6-14-12)16-8-17-13/h3-4,7-8,12,14H,2,5-6H2,1H3,(H,16,17). The van der Waals surface area contributed by atoms with Crippen LogP contribution in [0.5, 0.6) is 5.88 Å². The summed E-state index contributed by atoms with van der Waals surface area (Å²) in [6.45, 7) is 3.54. The highest BCUT2D eigenvalue weighted by molar-refractivity contribution is 5.32. The molecule has 1 aliphatic rings. The Labute approximate surface area is 106 Å². The highest BCUT2D eigenvalue weighted by atomic mass is 16.5. The number of H-pyrrole nitrogens is 1. The lowest BCUT2D eigenvalue weighted by atomic mass is 9.99. The van der Waals surface area contributed by atoms with E-state index in [0.29, 0.717) is 12.5 Å². The first-order valence-corrected chi connectivity index (χ1v) is 6.22. The number of nitrogens with zero attached hydrogens (tertiary/aromatic N) is 2. The second-order valence-corrected chi connectivity index (χ2v) is 4.27. The number of fused-ring (bicyclic) bond motifs is 1. The molecular formula is C13H16N4O. The molecule has 2 aromatic rings. The topological polar surface area (TPSA) is 62.8 Å². The van der Waals surface area contributed by atoms with Crippen LogP contribution < -0.4 is 10.1 Å². The Hall–Kier alpha value is -1.88. The summed E-state index contributed by atoms with van der Waals surface area (Å²) in [5.41, 5.74) is 3.41. The number of rotatable bonds is 3. The van der Waals surface area contributed by atoms with Gasteiger partial charge >= 0.3 is 0 Å². The molecular weight excluding hydrogens is 228 g/mol. The van der Waals surface area contributed by atoms with Crippen molar-refractivity contribution in [3.05, 3.63) is 41.6 Å². The molecule has 0 spiro atoms. The molecule has 3 heterocycles. The predicted octanol–water partition coefficient (Wildman–Crippen LogP) is 1.44. The van der Waals surface area contributed by atoms with E-state index in [9.17, 15) is 0 Å². The molecule has 0 bridgehead atoms. The summed E-state index contributed by atoms with van der Waals surface area (Å²) < 4.78 is 5.35. The number of aromatic amines is 1. The minimum absolute atomic E-state index is 0.128. The van der Waals surface area contributed by atoms with Crippen LogP contribution in [0.3, 0.4) is 0 Å². The molecule has 1 unspecified atom stereocenters. The number of hydrogen-bond acceptors (Lipinski definition) is 4. The first kappa shape index (κ1) is 11.2. The van der Waals surface area contributed by atoms with Crippen molar-refractivity contribution in [3.63, 3.8) is 0 Å². The van der Waals surface area contributed by atoms with E-state index < -0.39 is 0 Å². The van der Waals surface area contributed by atoms with Crippen molar-refractivity contribution in [2.45, 2.75) is 19.4 Å². The second-order valence-electron chi connectivity index (χ2n) is 4.27. The Morgan fingerprint density at radius 3 is 3.11 bits per heavy atom. The molecule has 18 heavy (non-hydrogen) atoms. The van der Waals surface area contributed by atoms with Crippen molar-refractivity contribution in [2.75, 3.05) is 13.2 Å². The molecule has 5 nitrogen and oxygen atoms in total. The van der Waals surface area contributed by atoms with E-state index in [2.05, 4.69) is 20.3 Å². The van der Waals surface area contributed by atoms with Gasteiger partial charge in [-0.1, -0.05) is 6.07 Å². The number of nitrogens with one attached hydrogen (secondary N) is 2. The zero-order valence-corrected chi connectivity index (χ0v) is 10.3. The highest BCUT2D eigenvalue weighted by Crippen LogP contribution is 2.26. The second kappa shape index (κ2) is 4.78. The maximum atomic E-state index is 5.35. The summed E-state index contributed by atoms with van der Waals surface area (Å²) in [5.74, 6) is 0.666. The van der Waals surface area contributed by atoms with Gasteiger partial charge in [-0.2, -0.15) is 0 Å². The van der Waals surface area contributed by atoms with Crippen LogP contribution in [-0.2, 0) is 6.42 Å². The maximum absolute atomic E-state index is 5.35. The van der Waals surface area contributed by atoms with Gasteiger partial charge in [0.05, 0.1) is 24.7 Å². The van der Waals surface area contributed by atoms with Gasteiger partial charge < -0.3 is 15.0 Å². The third kappa shape index (κ3) is 1.97. The molecule has 94 valence electrons. The van der Waals surface area contributed by atoms with Gasteiger partial charge in [-0.05, 0) is 12.5 Å². The van der Waals surface area contributed by atoms with Crippen LogP contribution in [0.4, 0.5) is 0 Å². The van der Waals surface area contributed by atoms with Gasteiger partial charge in [0.1, 0.15) is 0 Å². The monoisotopic (exact) mass is 244 g/mol. The smallest absolute Gasteiger partial charge is 0.213 e. The molecule has 0 fully saturated rings. The largest absolute Gasteiger partial charge is 0.478 e. The molecule has 0 radical (unpaired) electrons. The quantitative estimate of drug-likeness (QED) is 0.857. The lowest BCUT2D eigenvalue weighted by Crippen LogP contribution is -2.30. The number of pyridine rings is 1. The van der Waals surface area contributed by atoms with Crippen LogP contribution in [0.15, 0.2) is 24.7 Å². The molecule has 2 N–H and O–H groups in total. The van der Waals surface area contributed by atoms with Gasteiger partial charge in [0.15, 0.2) is 0 Å². The lowest BCUT2D eigenvalue weighted by molar-refractivity contribution is 0.326. The Morgan fingerprint density at radius 2 is 2.33 bits per heavy atom. The van der Waals surface area contributed by atoms with Crippen LogP contribution in [-0.4, -0.2) is 28.1 Å². The first-order chi connectivity index (χ1) is 8.88. The number of hydrogen-bond donors (Lipinski definition) is 2. The van der Waals surface area contributed by atoms with E-state index in [1.807, 2.05) is 25.3 Å². The molecule has 1 atom stereocenters. The molecule has 0 amide bonds. The minimum Gasteiger partial charge on any atom is -0.478 e. The Balaban J connectivity index is 1.88. The van der Waals surface area contributed by atoms with E-state index in [4.69, 9.17) is 4.74 Å². The Kier molecular flexibility index (Phi) is 2.98. The third-order valence-corrected chi connectivity index (χ3v) is 3.13. The van der Waals surface area contributed by atoms with E-state index >= 15 is 0 Å². The summed E-state index contributed by atoms with van der Waals surface area (Å²) in [4.78, 5) is 11.9. The fourth-order valence-corrected chi connectivity index (χ4v) is 2.29. The van der Waals surface area contributed by atoms with Gasteiger partial charge in [0.25, 0.3) is 0 Å². The third-order valence-electron chi connectivity index (χ3n) is 3.13. The molecule has 1 aliphatic heterocycles. The van der Waals surface area contributed by atoms with Crippen molar-refractivity contribution >= 4 is 0 Å². The molecule has 5 heteroatoms. The molecule has 2 aromatic heterocycles. The molecule has 3 rings (SSSR count). The van der Waals surface area contributed by atoms with Crippen molar-refractivity contribution in [2.24, 2.45) is 0 Å². The van der Waals surface area contributed by atoms with E-state index in [-0.39, 0.29) is 6.04 Å². The van der Waals surface area contributed by atoms with Crippen molar-refractivity contribution in [1.29, 1.82) is 0 Å². The molecule has 0 aliphatic carbocycles. The van der Waals surface area contributed by atoms with Crippen LogP contribution in [0, 0.1) is 0 Å². The van der Waals surface area contributed by atoms with Crippen LogP contribution >= 0.6 is 0 Å². The zero-order chi connectivity index (χ0) is 12.4. The summed E-state index contributed by atoms with van der Waals surface area (Å²) in [7, 11) is 0. The van der Waals surface area contributed by atoms with Gasteiger partial charge in [-0.25, -0.2) is 9.97 Å². The maximum Gasteiger partial charge on any atom is 0.213 e. The molecule has 0 saturated heterocycles. The number of ether oxygens (including phenoxy) is 1. The van der Waals surface area contributed by atoms with Crippen LogP contribution in [0.25, 0.3) is 0 Å². The minimum atomic E-state index is 0.128. The average molecular weight is 244 g/mol. The van der Waals surface area contributed by atoms with Crippen molar-refractivity contribution in [3.8, 4) is 5.88 Å². The van der Waals surface area contributed by atoms with Gasteiger partial charge in [-0.3, -0.25) is 0 Å². The first-order valence-electron chi connectivity index (χ1n) is 6.22.